The predicted molar refractivity (Wildman–Crippen MR) is 65.2 cm³/mol. The highest BCUT2D eigenvalue weighted by Crippen LogP contribution is 1.96. The Balaban J connectivity index is 2.35. The van der Waals surface area contributed by atoms with Gasteiger partial charge in [-0.2, -0.15) is 5.10 Å². The summed E-state index contributed by atoms with van der Waals surface area (Å²) in [5.74, 6) is -1.03. The molecule has 0 aliphatic heterocycles. The summed E-state index contributed by atoms with van der Waals surface area (Å²) in [6, 6.07) is -1.26. The molecule has 2 amide bonds. The lowest BCUT2D eigenvalue weighted by Crippen LogP contribution is -2.46. The molecule has 0 bridgehead atoms. The summed E-state index contributed by atoms with van der Waals surface area (Å²) in [5, 5.41) is 15.5. The first kappa shape index (κ1) is 14.0. The molecule has 1 aromatic heterocycles. The van der Waals surface area contributed by atoms with Gasteiger partial charge in [-0.3, -0.25) is 4.68 Å². The topological polar surface area (TPSA) is 87.5 Å². The van der Waals surface area contributed by atoms with E-state index in [9.17, 15) is 9.59 Å². The smallest absolute Gasteiger partial charge is 0.326 e. The van der Waals surface area contributed by atoms with Crippen LogP contribution in [0.15, 0.2) is 12.4 Å². The molecular formula is C11H18N4O3. The van der Waals surface area contributed by atoms with Crippen molar-refractivity contribution in [3.05, 3.63) is 18.0 Å². The molecule has 0 aliphatic rings. The van der Waals surface area contributed by atoms with Crippen molar-refractivity contribution in [3.63, 3.8) is 0 Å². The predicted octanol–water partition coefficient (Wildman–Crippen LogP) is 0.306. The number of hydrogen-bond donors (Lipinski definition) is 2. The van der Waals surface area contributed by atoms with Crippen LogP contribution in [0.1, 0.15) is 12.5 Å². The van der Waals surface area contributed by atoms with Crippen molar-refractivity contribution in [1.82, 2.24) is 20.0 Å². The molecular weight excluding hydrogens is 236 g/mol. The number of amides is 2. The Bertz CT molecular complexity index is 430. The number of aryl methyl sites for hydroxylation is 1. The molecule has 0 aromatic carbocycles. The van der Waals surface area contributed by atoms with E-state index in [1.807, 2.05) is 13.1 Å². The minimum atomic E-state index is -1.03. The molecule has 0 saturated heterocycles. The number of urea groups is 1. The largest absolute Gasteiger partial charge is 0.480 e. The molecule has 1 rings (SSSR count). The van der Waals surface area contributed by atoms with E-state index in [2.05, 4.69) is 10.4 Å². The first-order chi connectivity index (χ1) is 8.41. The van der Waals surface area contributed by atoms with Crippen molar-refractivity contribution in [2.24, 2.45) is 0 Å². The Morgan fingerprint density at radius 1 is 1.61 bits per heavy atom. The van der Waals surface area contributed by atoms with E-state index in [0.717, 1.165) is 10.5 Å². The summed E-state index contributed by atoms with van der Waals surface area (Å²) in [7, 11) is 1.45. The third kappa shape index (κ3) is 3.76. The molecule has 18 heavy (non-hydrogen) atoms. The van der Waals surface area contributed by atoms with Crippen LogP contribution >= 0.6 is 0 Å². The molecule has 0 saturated carbocycles. The standard InChI is InChI=1S/C11H18N4O3/c1-8-6-13-15(7-8)5-4-12-11(18)14(3)9(2)10(16)17/h6-7,9H,4-5H2,1-3H3,(H,12,18)(H,16,17). The SMILES string of the molecule is Cc1cnn(CCNC(=O)N(C)C(C)C(=O)O)c1. The Kier molecular flexibility index (Phi) is 4.70. The normalized spacial score (nSPS) is 11.9. The number of nitrogens with one attached hydrogen (secondary N) is 1. The van der Waals surface area contributed by atoms with Crippen LogP contribution in [0.5, 0.6) is 0 Å². The fraction of sp³-hybridized carbons (Fsp3) is 0.545. The van der Waals surface area contributed by atoms with E-state index in [-0.39, 0.29) is 0 Å². The van der Waals surface area contributed by atoms with E-state index >= 15 is 0 Å². The van der Waals surface area contributed by atoms with Crippen LogP contribution in [0.2, 0.25) is 0 Å². The van der Waals surface area contributed by atoms with Crippen molar-refractivity contribution in [2.45, 2.75) is 26.4 Å². The minimum Gasteiger partial charge on any atom is -0.480 e. The van der Waals surface area contributed by atoms with E-state index in [4.69, 9.17) is 5.11 Å². The highest BCUT2D eigenvalue weighted by molar-refractivity contribution is 5.82. The number of carboxylic acid groups (broad SMARTS) is 1. The minimum absolute atomic E-state index is 0.399. The summed E-state index contributed by atoms with van der Waals surface area (Å²) in [4.78, 5) is 23.5. The quantitative estimate of drug-likeness (QED) is 0.791. The summed E-state index contributed by atoms with van der Waals surface area (Å²) in [5.41, 5.74) is 1.05. The van der Waals surface area contributed by atoms with Gasteiger partial charge in [0.15, 0.2) is 0 Å². The van der Waals surface area contributed by atoms with Crippen LogP contribution in [0.25, 0.3) is 0 Å². The maximum Gasteiger partial charge on any atom is 0.326 e. The fourth-order valence-corrected chi connectivity index (χ4v) is 1.33. The van der Waals surface area contributed by atoms with E-state index in [1.165, 1.54) is 14.0 Å². The first-order valence-corrected chi connectivity index (χ1v) is 5.64. The molecule has 100 valence electrons. The van der Waals surface area contributed by atoms with Crippen molar-refractivity contribution in [1.29, 1.82) is 0 Å². The van der Waals surface area contributed by atoms with E-state index in [0.29, 0.717) is 13.1 Å². The molecule has 2 N–H and O–H groups in total. The second-order valence-corrected chi connectivity index (χ2v) is 4.14. The van der Waals surface area contributed by atoms with E-state index in [1.54, 1.807) is 10.9 Å². The van der Waals surface area contributed by atoms with Crippen molar-refractivity contribution < 1.29 is 14.7 Å². The molecule has 7 heteroatoms. The van der Waals surface area contributed by atoms with Gasteiger partial charge in [-0.25, -0.2) is 9.59 Å². The van der Waals surface area contributed by atoms with Crippen molar-refractivity contribution in [2.75, 3.05) is 13.6 Å². The highest BCUT2D eigenvalue weighted by atomic mass is 16.4. The zero-order valence-electron chi connectivity index (χ0n) is 10.8. The van der Waals surface area contributed by atoms with Gasteiger partial charge < -0.3 is 15.3 Å². The Hall–Kier alpha value is -2.05. The number of carboxylic acids is 1. The van der Waals surface area contributed by atoms with Crippen molar-refractivity contribution in [3.8, 4) is 0 Å². The van der Waals surface area contributed by atoms with Crippen LogP contribution < -0.4 is 5.32 Å². The molecule has 7 nitrogen and oxygen atoms in total. The molecule has 1 unspecified atom stereocenters. The van der Waals surface area contributed by atoms with Crippen LogP contribution in [-0.2, 0) is 11.3 Å². The third-order valence-electron chi connectivity index (χ3n) is 2.64. The average molecular weight is 254 g/mol. The number of likely N-dealkylation sites (N-methyl/N-ethyl adjacent to an activating group) is 1. The number of hydrogen-bond acceptors (Lipinski definition) is 3. The lowest BCUT2D eigenvalue weighted by atomic mass is 10.3. The zero-order chi connectivity index (χ0) is 13.7. The Morgan fingerprint density at radius 2 is 2.28 bits per heavy atom. The lowest BCUT2D eigenvalue weighted by molar-refractivity contribution is -0.141. The number of aromatic nitrogens is 2. The average Bonchev–Trinajstić information content (AvgIpc) is 2.72. The van der Waals surface area contributed by atoms with E-state index < -0.39 is 18.0 Å². The molecule has 0 spiro atoms. The molecule has 0 radical (unpaired) electrons. The third-order valence-corrected chi connectivity index (χ3v) is 2.64. The second-order valence-electron chi connectivity index (χ2n) is 4.14. The maximum atomic E-state index is 11.6. The van der Waals surface area contributed by atoms with Gasteiger partial charge in [0.25, 0.3) is 0 Å². The summed E-state index contributed by atoms with van der Waals surface area (Å²) >= 11 is 0. The monoisotopic (exact) mass is 254 g/mol. The molecule has 0 fully saturated rings. The van der Waals surface area contributed by atoms with Crippen LogP contribution in [-0.4, -0.2) is 51.4 Å². The molecule has 1 heterocycles. The van der Waals surface area contributed by atoms with Crippen molar-refractivity contribution >= 4 is 12.0 Å². The number of rotatable bonds is 5. The van der Waals surface area contributed by atoms with Crippen LogP contribution in [0, 0.1) is 6.92 Å². The second kappa shape index (κ2) is 6.04. The number of nitrogens with zero attached hydrogens (tertiary/aromatic N) is 3. The van der Waals surface area contributed by atoms with Gasteiger partial charge in [-0.15, -0.1) is 0 Å². The summed E-state index contributed by atoms with van der Waals surface area (Å²) in [6.07, 6.45) is 3.61. The molecule has 1 aromatic rings. The highest BCUT2D eigenvalue weighted by Gasteiger charge is 2.20. The van der Waals surface area contributed by atoms with Gasteiger partial charge >= 0.3 is 12.0 Å². The van der Waals surface area contributed by atoms with Gasteiger partial charge in [0.05, 0.1) is 12.7 Å². The molecule has 0 aliphatic carbocycles. The Morgan fingerprint density at radius 3 is 2.78 bits per heavy atom. The number of aliphatic carboxylic acids is 1. The maximum absolute atomic E-state index is 11.6. The van der Waals surface area contributed by atoms with Gasteiger partial charge in [-0.1, -0.05) is 0 Å². The Labute approximate surface area is 105 Å². The zero-order valence-corrected chi connectivity index (χ0v) is 10.8. The molecule has 1 atom stereocenters. The van der Waals surface area contributed by atoms with Crippen LogP contribution in [0.4, 0.5) is 4.79 Å². The number of carbonyl (C=O) groups is 2. The lowest BCUT2D eigenvalue weighted by Gasteiger charge is -2.21. The van der Waals surface area contributed by atoms with Gasteiger partial charge in [0, 0.05) is 19.8 Å². The number of carbonyl (C=O) groups excluding carboxylic acids is 1. The van der Waals surface area contributed by atoms with Crippen LogP contribution in [0.3, 0.4) is 0 Å². The van der Waals surface area contributed by atoms with Gasteiger partial charge in [0.2, 0.25) is 0 Å². The summed E-state index contributed by atoms with van der Waals surface area (Å²) < 4.78 is 1.72. The first-order valence-electron chi connectivity index (χ1n) is 5.64. The summed E-state index contributed by atoms with van der Waals surface area (Å²) in [6.45, 7) is 4.34. The fourth-order valence-electron chi connectivity index (χ4n) is 1.33. The van der Waals surface area contributed by atoms with Gasteiger partial charge in [0.1, 0.15) is 6.04 Å². The van der Waals surface area contributed by atoms with Gasteiger partial charge in [-0.05, 0) is 19.4 Å².